The second kappa shape index (κ2) is 6.22. The van der Waals surface area contributed by atoms with Crippen molar-refractivity contribution in [3.05, 3.63) is 53.0 Å². The normalized spacial score (nSPS) is 11.7. The lowest BCUT2D eigenvalue weighted by molar-refractivity contribution is -0.139. The van der Waals surface area contributed by atoms with Crippen molar-refractivity contribution in [2.45, 2.75) is 26.3 Å². The number of benzene rings is 1. The summed E-state index contributed by atoms with van der Waals surface area (Å²) in [6.45, 7) is 2.39. The molecule has 3 nitrogen and oxygen atoms in total. The van der Waals surface area contributed by atoms with Crippen molar-refractivity contribution in [3.63, 3.8) is 0 Å². The van der Waals surface area contributed by atoms with Gasteiger partial charge >= 0.3 is 6.18 Å². The highest BCUT2D eigenvalue weighted by molar-refractivity contribution is 5.35. The van der Waals surface area contributed by atoms with Crippen molar-refractivity contribution in [2.24, 2.45) is 0 Å². The molecule has 0 amide bonds. The van der Waals surface area contributed by atoms with E-state index in [0.717, 1.165) is 17.4 Å². The maximum absolute atomic E-state index is 12.8. The van der Waals surface area contributed by atoms with Crippen LogP contribution in [0.4, 0.5) is 13.2 Å². The summed E-state index contributed by atoms with van der Waals surface area (Å²) < 4.78 is 49.3. The molecule has 0 aliphatic rings. The average Bonchev–Trinajstić information content (AvgIpc) is 2.77. The zero-order valence-electron chi connectivity index (χ0n) is 11.8. The van der Waals surface area contributed by atoms with E-state index >= 15 is 0 Å². The van der Waals surface area contributed by atoms with Gasteiger partial charge in [-0.15, -0.1) is 0 Å². The van der Waals surface area contributed by atoms with Crippen LogP contribution < -0.4 is 10.1 Å². The maximum atomic E-state index is 12.8. The van der Waals surface area contributed by atoms with Crippen LogP contribution in [0.25, 0.3) is 0 Å². The Hall–Kier alpha value is -1.95. The molecule has 0 aliphatic carbocycles. The topological polar surface area (TPSA) is 34.4 Å². The zero-order valence-corrected chi connectivity index (χ0v) is 11.8. The van der Waals surface area contributed by atoms with E-state index in [1.165, 1.54) is 18.2 Å². The Bertz CT molecular complexity index is 605. The van der Waals surface area contributed by atoms with Gasteiger partial charge in [0.25, 0.3) is 0 Å². The lowest BCUT2D eigenvalue weighted by atomic mass is 10.2. The number of furan rings is 1. The first-order chi connectivity index (χ1) is 9.91. The predicted octanol–water partition coefficient (Wildman–Crippen LogP) is 3.91. The first kappa shape index (κ1) is 15.4. The fourth-order valence-electron chi connectivity index (χ4n) is 1.97. The highest BCUT2D eigenvalue weighted by Gasteiger charge is 2.34. The average molecular weight is 299 g/mol. The number of hydrogen-bond acceptors (Lipinski definition) is 3. The Morgan fingerprint density at radius 3 is 2.62 bits per heavy atom. The number of hydrogen-bond donors (Lipinski definition) is 1. The molecule has 21 heavy (non-hydrogen) atoms. The summed E-state index contributed by atoms with van der Waals surface area (Å²) in [6, 6.07) is 6.90. The second-order valence-corrected chi connectivity index (χ2v) is 4.63. The molecule has 1 N–H and O–H groups in total. The monoisotopic (exact) mass is 299 g/mol. The van der Waals surface area contributed by atoms with Gasteiger partial charge in [-0.1, -0.05) is 12.1 Å². The Morgan fingerprint density at radius 1 is 1.24 bits per heavy atom. The maximum Gasteiger partial charge on any atom is 0.419 e. The van der Waals surface area contributed by atoms with Gasteiger partial charge < -0.3 is 14.5 Å². The lowest BCUT2D eigenvalue weighted by Gasteiger charge is -2.12. The molecule has 1 aromatic carbocycles. The molecule has 114 valence electrons. The SMILES string of the molecule is CNCc1oc(COc2ccccc2C(F)(F)F)cc1C. The molecule has 0 atom stereocenters. The highest BCUT2D eigenvalue weighted by atomic mass is 19.4. The fraction of sp³-hybridized carbons (Fsp3) is 0.333. The number of aryl methyl sites for hydroxylation is 1. The van der Waals surface area contributed by atoms with E-state index in [2.05, 4.69) is 5.32 Å². The van der Waals surface area contributed by atoms with E-state index in [4.69, 9.17) is 9.15 Å². The standard InChI is InChI=1S/C15H16F3NO2/c1-10-7-11(21-14(10)8-19-2)9-20-13-6-4-3-5-12(13)15(16,17)18/h3-7,19H,8-9H2,1-2H3. The third-order valence-electron chi connectivity index (χ3n) is 2.97. The summed E-state index contributed by atoms with van der Waals surface area (Å²) in [4.78, 5) is 0. The minimum atomic E-state index is -4.44. The molecule has 0 unspecified atom stereocenters. The van der Waals surface area contributed by atoms with E-state index in [1.54, 1.807) is 13.1 Å². The van der Waals surface area contributed by atoms with Gasteiger partial charge in [0.1, 0.15) is 23.9 Å². The van der Waals surface area contributed by atoms with Gasteiger partial charge in [0.05, 0.1) is 12.1 Å². The third-order valence-corrected chi connectivity index (χ3v) is 2.97. The van der Waals surface area contributed by atoms with Gasteiger partial charge in [-0.25, -0.2) is 0 Å². The van der Waals surface area contributed by atoms with Crippen LogP contribution in [-0.2, 0) is 19.3 Å². The van der Waals surface area contributed by atoms with Crippen LogP contribution in [-0.4, -0.2) is 7.05 Å². The minimum Gasteiger partial charge on any atom is -0.485 e. The molecule has 0 radical (unpaired) electrons. The van der Waals surface area contributed by atoms with E-state index in [-0.39, 0.29) is 12.4 Å². The van der Waals surface area contributed by atoms with Crippen LogP contribution in [0, 0.1) is 6.92 Å². The van der Waals surface area contributed by atoms with Crippen molar-refractivity contribution in [3.8, 4) is 5.75 Å². The molecular formula is C15H16F3NO2. The smallest absolute Gasteiger partial charge is 0.419 e. The van der Waals surface area contributed by atoms with Gasteiger partial charge in [-0.05, 0) is 37.7 Å². The molecule has 0 aliphatic heterocycles. The van der Waals surface area contributed by atoms with E-state index in [1.807, 2.05) is 6.92 Å². The molecule has 1 aromatic heterocycles. The molecular weight excluding hydrogens is 283 g/mol. The summed E-state index contributed by atoms with van der Waals surface area (Å²) in [5.41, 5.74) is 0.149. The van der Waals surface area contributed by atoms with Gasteiger partial charge in [-0.3, -0.25) is 0 Å². The van der Waals surface area contributed by atoms with E-state index in [9.17, 15) is 13.2 Å². The number of ether oxygens (including phenoxy) is 1. The van der Waals surface area contributed by atoms with Crippen LogP contribution in [0.3, 0.4) is 0 Å². The van der Waals surface area contributed by atoms with Crippen molar-refractivity contribution in [1.82, 2.24) is 5.32 Å². The van der Waals surface area contributed by atoms with Crippen LogP contribution in [0.5, 0.6) is 5.75 Å². The van der Waals surface area contributed by atoms with E-state index < -0.39 is 11.7 Å². The summed E-state index contributed by atoms with van der Waals surface area (Å²) >= 11 is 0. The zero-order chi connectivity index (χ0) is 15.5. The first-order valence-corrected chi connectivity index (χ1v) is 6.43. The number of nitrogens with one attached hydrogen (secondary N) is 1. The van der Waals surface area contributed by atoms with Crippen LogP contribution in [0.2, 0.25) is 0 Å². The highest BCUT2D eigenvalue weighted by Crippen LogP contribution is 2.36. The second-order valence-electron chi connectivity index (χ2n) is 4.63. The van der Waals surface area contributed by atoms with Crippen molar-refractivity contribution in [2.75, 3.05) is 7.05 Å². The molecule has 2 rings (SSSR count). The quantitative estimate of drug-likeness (QED) is 0.909. The summed E-state index contributed by atoms with van der Waals surface area (Å²) in [7, 11) is 1.79. The molecule has 2 aromatic rings. The third kappa shape index (κ3) is 3.78. The molecule has 0 fully saturated rings. The Kier molecular flexibility index (Phi) is 4.57. The molecule has 6 heteroatoms. The Balaban J connectivity index is 2.12. The molecule has 0 saturated heterocycles. The van der Waals surface area contributed by atoms with Gasteiger partial charge in [0.15, 0.2) is 0 Å². The lowest BCUT2D eigenvalue weighted by Crippen LogP contribution is -2.08. The summed E-state index contributed by atoms with van der Waals surface area (Å²) in [6.07, 6.45) is -4.44. The van der Waals surface area contributed by atoms with Gasteiger partial charge in [0, 0.05) is 0 Å². The number of rotatable bonds is 5. The molecule has 0 spiro atoms. The Morgan fingerprint density at radius 2 is 1.95 bits per heavy atom. The summed E-state index contributed by atoms with van der Waals surface area (Å²) in [5, 5.41) is 2.96. The number of halogens is 3. The largest absolute Gasteiger partial charge is 0.485 e. The van der Waals surface area contributed by atoms with Gasteiger partial charge in [-0.2, -0.15) is 13.2 Å². The summed E-state index contributed by atoms with van der Waals surface area (Å²) in [5.74, 6) is 1.05. The fourth-order valence-corrected chi connectivity index (χ4v) is 1.97. The molecule has 0 bridgehead atoms. The van der Waals surface area contributed by atoms with Crippen molar-refractivity contribution in [1.29, 1.82) is 0 Å². The first-order valence-electron chi connectivity index (χ1n) is 6.43. The van der Waals surface area contributed by atoms with Crippen molar-refractivity contribution < 1.29 is 22.3 Å². The number of alkyl halides is 3. The van der Waals surface area contributed by atoms with Crippen LogP contribution >= 0.6 is 0 Å². The minimum absolute atomic E-state index is 0.0440. The van der Waals surface area contributed by atoms with Crippen molar-refractivity contribution >= 4 is 0 Å². The van der Waals surface area contributed by atoms with E-state index in [0.29, 0.717) is 12.3 Å². The Labute approximate surface area is 120 Å². The predicted molar refractivity (Wildman–Crippen MR) is 72.0 cm³/mol. The van der Waals surface area contributed by atoms with Crippen LogP contribution in [0.15, 0.2) is 34.7 Å². The van der Waals surface area contributed by atoms with Crippen LogP contribution in [0.1, 0.15) is 22.6 Å². The molecule has 1 heterocycles. The number of para-hydroxylation sites is 1. The molecule has 0 saturated carbocycles. The van der Waals surface area contributed by atoms with Gasteiger partial charge in [0.2, 0.25) is 0 Å².